The Kier molecular flexibility index (Phi) is 5.47. The van der Waals surface area contributed by atoms with Crippen LogP contribution in [0, 0.1) is 12.8 Å². The van der Waals surface area contributed by atoms with E-state index in [1.165, 1.54) is 0 Å². The van der Waals surface area contributed by atoms with Gasteiger partial charge in [-0.25, -0.2) is 0 Å². The molecule has 0 bridgehead atoms. The van der Waals surface area contributed by atoms with Crippen LogP contribution in [-0.4, -0.2) is 35.5 Å². The normalized spacial score (nSPS) is 15.3. The molecule has 126 valence electrons. The van der Waals surface area contributed by atoms with E-state index in [2.05, 4.69) is 4.98 Å². The molecule has 0 unspecified atom stereocenters. The summed E-state index contributed by atoms with van der Waals surface area (Å²) in [5, 5.41) is 0. The van der Waals surface area contributed by atoms with E-state index in [4.69, 9.17) is 4.74 Å². The van der Waals surface area contributed by atoms with Crippen molar-refractivity contribution in [1.82, 2.24) is 9.88 Å². The molecule has 1 aromatic carbocycles. The van der Waals surface area contributed by atoms with Gasteiger partial charge < -0.3 is 9.64 Å². The molecule has 1 aliphatic heterocycles. The first kappa shape index (κ1) is 16.5. The summed E-state index contributed by atoms with van der Waals surface area (Å²) in [5.74, 6) is 1.67. The van der Waals surface area contributed by atoms with Crippen molar-refractivity contribution in [1.29, 1.82) is 0 Å². The third-order valence-electron chi connectivity index (χ3n) is 4.72. The summed E-state index contributed by atoms with van der Waals surface area (Å²) in [7, 11) is 0. The highest BCUT2D eigenvalue weighted by Crippen LogP contribution is 2.23. The average molecular weight is 324 g/mol. The summed E-state index contributed by atoms with van der Waals surface area (Å²) >= 11 is 0. The number of benzene rings is 1. The van der Waals surface area contributed by atoms with Gasteiger partial charge in [0.25, 0.3) is 5.91 Å². The molecule has 3 rings (SSSR count). The van der Waals surface area contributed by atoms with Crippen LogP contribution in [-0.2, 0) is 0 Å². The highest BCUT2D eigenvalue weighted by molar-refractivity contribution is 5.95. The van der Waals surface area contributed by atoms with Gasteiger partial charge in [0.1, 0.15) is 5.75 Å². The van der Waals surface area contributed by atoms with Crippen molar-refractivity contribution in [3.05, 3.63) is 59.9 Å². The smallest absolute Gasteiger partial charge is 0.254 e. The van der Waals surface area contributed by atoms with Gasteiger partial charge in [0.05, 0.1) is 6.61 Å². The number of aryl methyl sites for hydroxylation is 1. The first-order chi connectivity index (χ1) is 11.7. The first-order valence-electron chi connectivity index (χ1n) is 8.62. The van der Waals surface area contributed by atoms with Gasteiger partial charge in [-0.2, -0.15) is 0 Å². The summed E-state index contributed by atoms with van der Waals surface area (Å²) in [6, 6.07) is 11.6. The van der Waals surface area contributed by atoms with Crippen molar-refractivity contribution in [2.45, 2.75) is 26.2 Å². The van der Waals surface area contributed by atoms with E-state index in [9.17, 15) is 4.79 Å². The number of nitrogens with zero attached hydrogens (tertiary/aromatic N) is 2. The molecule has 2 aromatic rings. The number of amides is 1. The Labute approximate surface area is 143 Å². The minimum atomic E-state index is 0.166. The second-order valence-electron chi connectivity index (χ2n) is 6.37. The zero-order valence-electron chi connectivity index (χ0n) is 14.1. The number of aromatic nitrogens is 1. The summed E-state index contributed by atoms with van der Waals surface area (Å²) in [6.07, 6.45) is 6.62. The number of likely N-dealkylation sites (tertiary alicyclic amines) is 1. The van der Waals surface area contributed by atoms with E-state index in [-0.39, 0.29) is 5.91 Å². The maximum Gasteiger partial charge on any atom is 0.254 e. The number of carbonyl (C=O) groups excluding carboxylic acids is 1. The van der Waals surface area contributed by atoms with Gasteiger partial charge >= 0.3 is 0 Å². The van der Waals surface area contributed by atoms with Gasteiger partial charge in [0.15, 0.2) is 0 Å². The van der Waals surface area contributed by atoms with Gasteiger partial charge in [0, 0.05) is 31.0 Å². The quantitative estimate of drug-likeness (QED) is 0.842. The number of piperidine rings is 1. The first-order valence-corrected chi connectivity index (χ1v) is 8.62. The van der Waals surface area contributed by atoms with E-state index in [1.807, 2.05) is 48.2 Å². The lowest BCUT2D eigenvalue weighted by Crippen LogP contribution is -2.39. The Bertz CT molecular complexity index is 664. The number of rotatable bonds is 5. The SMILES string of the molecule is Cc1ccccc1C(=O)N1CCC(CCOc2ccncc2)CC1. The van der Waals surface area contributed by atoms with Gasteiger partial charge in [-0.15, -0.1) is 0 Å². The van der Waals surface area contributed by atoms with Crippen molar-refractivity contribution in [3.8, 4) is 5.75 Å². The molecular formula is C20H24N2O2. The Morgan fingerprint density at radius 1 is 1.17 bits per heavy atom. The standard InChI is InChI=1S/C20H24N2O2/c1-16-4-2-3-5-19(16)20(23)22-13-8-17(9-14-22)10-15-24-18-6-11-21-12-7-18/h2-7,11-12,17H,8-10,13-15H2,1H3. The molecule has 4 nitrogen and oxygen atoms in total. The Morgan fingerprint density at radius 2 is 1.88 bits per heavy atom. The highest BCUT2D eigenvalue weighted by Gasteiger charge is 2.24. The van der Waals surface area contributed by atoms with Crippen LogP contribution in [0.15, 0.2) is 48.8 Å². The van der Waals surface area contributed by atoms with Crippen LogP contribution in [0.1, 0.15) is 35.2 Å². The molecular weight excluding hydrogens is 300 g/mol. The van der Waals surface area contributed by atoms with Crippen LogP contribution >= 0.6 is 0 Å². The molecule has 0 N–H and O–H groups in total. The third kappa shape index (κ3) is 4.13. The maximum absolute atomic E-state index is 12.6. The Hall–Kier alpha value is -2.36. The van der Waals surface area contributed by atoms with Crippen molar-refractivity contribution in [2.24, 2.45) is 5.92 Å². The number of hydrogen-bond acceptors (Lipinski definition) is 3. The van der Waals surface area contributed by atoms with Crippen LogP contribution in [0.2, 0.25) is 0 Å². The zero-order valence-corrected chi connectivity index (χ0v) is 14.1. The summed E-state index contributed by atoms with van der Waals surface area (Å²) in [6.45, 7) is 4.40. The number of ether oxygens (including phenoxy) is 1. The topological polar surface area (TPSA) is 42.4 Å². The van der Waals surface area contributed by atoms with Crippen molar-refractivity contribution < 1.29 is 9.53 Å². The van der Waals surface area contributed by atoms with E-state index in [1.54, 1.807) is 12.4 Å². The van der Waals surface area contributed by atoms with E-state index >= 15 is 0 Å². The number of carbonyl (C=O) groups is 1. The number of hydrogen-bond donors (Lipinski definition) is 0. The maximum atomic E-state index is 12.6. The minimum absolute atomic E-state index is 0.166. The molecule has 0 aliphatic carbocycles. The average Bonchev–Trinajstić information content (AvgIpc) is 2.63. The summed E-state index contributed by atoms with van der Waals surface area (Å²) in [5.41, 5.74) is 1.88. The molecule has 1 fully saturated rings. The molecule has 4 heteroatoms. The molecule has 1 aliphatic rings. The monoisotopic (exact) mass is 324 g/mol. The largest absolute Gasteiger partial charge is 0.493 e. The Balaban J connectivity index is 1.44. The van der Waals surface area contributed by atoms with Crippen LogP contribution in [0.25, 0.3) is 0 Å². The second-order valence-corrected chi connectivity index (χ2v) is 6.37. The van der Waals surface area contributed by atoms with Crippen molar-refractivity contribution in [2.75, 3.05) is 19.7 Å². The van der Waals surface area contributed by atoms with Gasteiger partial charge in [-0.1, -0.05) is 18.2 Å². The van der Waals surface area contributed by atoms with E-state index in [0.717, 1.165) is 55.8 Å². The van der Waals surface area contributed by atoms with E-state index < -0.39 is 0 Å². The fraction of sp³-hybridized carbons (Fsp3) is 0.400. The van der Waals surface area contributed by atoms with Crippen molar-refractivity contribution in [3.63, 3.8) is 0 Å². The molecule has 0 radical (unpaired) electrons. The van der Waals surface area contributed by atoms with Crippen molar-refractivity contribution >= 4 is 5.91 Å². The predicted molar refractivity (Wildman–Crippen MR) is 94.2 cm³/mol. The van der Waals surface area contributed by atoms with E-state index in [0.29, 0.717) is 5.92 Å². The van der Waals surface area contributed by atoms with Crippen LogP contribution in [0.4, 0.5) is 0 Å². The lowest BCUT2D eigenvalue weighted by atomic mass is 9.93. The summed E-state index contributed by atoms with van der Waals surface area (Å²) in [4.78, 5) is 18.6. The number of pyridine rings is 1. The summed E-state index contributed by atoms with van der Waals surface area (Å²) < 4.78 is 5.75. The molecule has 1 amide bonds. The molecule has 24 heavy (non-hydrogen) atoms. The highest BCUT2D eigenvalue weighted by atomic mass is 16.5. The van der Waals surface area contributed by atoms with Gasteiger partial charge in [-0.3, -0.25) is 9.78 Å². The van der Waals surface area contributed by atoms with Crippen LogP contribution in [0.5, 0.6) is 5.75 Å². The molecule has 1 aromatic heterocycles. The molecule has 0 atom stereocenters. The second kappa shape index (κ2) is 7.95. The lowest BCUT2D eigenvalue weighted by Gasteiger charge is -2.32. The lowest BCUT2D eigenvalue weighted by molar-refractivity contribution is 0.0679. The molecule has 2 heterocycles. The minimum Gasteiger partial charge on any atom is -0.493 e. The van der Waals surface area contributed by atoms with Crippen LogP contribution < -0.4 is 4.74 Å². The fourth-order valence-corrected chi connectivity index (χ4v) is 3.19. The Morgan fingerprint density at radius 3 is 2.58 bits per heavy atom. The van der Waals surface area contributed by atoms with Crippen LogP contribution in [0.3, 0.4) is 0 Å². The zero-order chi connectivity index (χ0) is 16.8. The van der Waals surface area contributed by atoms with Gasteiger partial charge in [0.2, 0.25) is 0 Å². The molecule has 1 saturated heterocycles. The third-order valence-corrected chi connectivity index (χ3v) is 4.72. The van der Waals surface area contributed by atoms with Gasteiger partial charge in [-0.05, 0) is 55.9 Å². The fourth-order valence-electron chi connectivity index (χ4n) is 3.19. The predicted octanol–water partition coefficient (Wildman–Crippen LogP) is 3.71. The molecule has 0 saturated carbocycles. The molecule has 0 spiro atoms.